The van der Waals surface area contributed by atoms with E-state index in [4.69, 9.17) is 14.6 Å². The van der Waals surface area contributed by atoms with Gasteiger partial charge in [-0.3, -0.25) is 0 Å². The summed E-state index contributed by atoms with van der Waals surface area (Å²) in [5, 5.41) is 12.4. The molecule has 1 rings (SSSR count). The van der Waals surface area contributed by atoms with Crippen LogP contribution in [0.1, 0.15) is 18.9 Å². The van der Waals surface area contributed by atoms with Crippen molar-refractivity contribution in [3.05, 3.63) is 36.4 Å². The van der Waals surface area contributed by atoms with Crippen molar-refractivity contribution in [1.82, 2.24) is 5.32 Å². The first-order chi connectivity index (χ1) is 9.24. The average molecular weight is 265 g/mol. The Morgan fingerprint density at radius 2 is 2.21 bits per heavy atom. The van der Waals surface area contributed by atoms with Crippen molar-refractivity contribution >= 4 is 0 Å². The summed E-state index contributed by atoms with van der Waals surface area (Å²) in [6.45, 7) is 6.95. The number of hydrogen-bond donors (Lipinski definition) is 2. The lowest BCUT2D eigenvalue weighted by Crippen LogP contribution is -2.31. The van der Waals surface area contributed by atoms with E-state index in [0.717, 1.165) is 12.0 Å². The molecule has 0 spiro atoms. The van der Waals surface area contributed by atoms with Crippen LogP contribution in [-0.2, 0) is 6.54 Å². The van der Waals surface area contributed by atoms with Gasteiger partial charge < -0.3 is 19.9 Å². The Balaban J connectivity index is 2.67. The number of hydrogen-bond acceptors (Lipinski definition) is 4. The van der Waals surface area contributed by atoms with Gasteiger partial charge in [0, 0.05) is 12.6 Å². The Labute approximate surface area is 115 Å². The van der Waals surface area contributed by atoms with E-state index >= 15 is 0 Å². The molecule has 0 bridgehead atoms. The fourth-order valence-electron chi connectivity index (χ4n) is 1.69. The van der Waals surface area contributed by atoms with Crippen LogP contribution in [0.2, 0.25) is 0 Å². The molecule has 0 saturated carbocycles. The van der Waals surface area contributed by atoms with E-state index in [2.05, 4.69) is 11.9 Å². The van der Waals surface area contributed by atoms with Gasteiger partial charge in [0.15, 0.2) is 11.5 Å². The summed E-state index contributed by atoms with van der Waals surface area (Å²) < 4.78 is 10.8. The molecule has 0 fully saturated rings. The molecule has 0 saturated heterocycles. The summed E-state index contributed by atoms with van der Waals surface area (Å²) >= 11 is 0. The predicted molar refractivity (Wildman–Crippen MR) is 76.7 cm³/mol. The fourth-order valence-corrected chi connectivity index (χ4v) is 1.69. The summed E-state index contributed by atoms with van der Waals surface area (Å²) in [4.78, 5) is 0. The maximum Gasteiger partial charge on any atom is 0.161 e. The van der Waals surface area contributed by atoms with Gasteiger partial charge in [-0.1, -0.05) is 25.6 Å². The highest BCUT2D eigenvalue weighted by molar-refractivity contribution is 5.43. The Morgan fingerprint density at radius 1 is 1.42 bits per heavy atom. The van der Waals surface area contributed by atoms with E-state index in [-0.39, 0.29) is 12.6 Å². The lowest BCUT2D eigenvalue weighted by molar-refractivity contribution is 0.238. The minimum absolute atomic E-state index is 0.127. The second-order valence-electron chi connectivity index (χ2n) is 4.25. The highest BCUT2D eigenvalue weighted by atomic mass is 16.5. The number of ether oxygens (including phenoxy) is 2. The molecule has 0 aliphatic carbocycles. The Hall–Kier alpha value is -1.52. The summed E-state index contributed by atoms with van der Waals surface area (Å²) in [5.41, 5.74) is 1.09. The average Bonchev–Trinajstić information content (AvgIpc) is 2.46. The molecule has 4 nitrogen and oxygen atoms in total. The minimum atomic E-state index is 0.127. The molecule has 0 heterocycles. The highest BCUT2D eigenvalue weighted by Gasteiger charge is 2.07. The third kappa shape index (κ3) is 4.93. The predicted octanol–water partition coefficient (Wildman–Crippen LogP) is 2.12. The van der Waals surface area contributed by atoms with Gasteiger partial charge in [0.2, 0.25) is 0 Å². The third-order valence-corrected chi connectivity index (χ3v) is 2.89. The SMILES string of the molecule is C=CCOc1ccc(CNC(CC)CO)cc1OC. The molecular formula is C15H23NO3. The van der Waals surface area contributed by atoms with Crippen molar-refractivity contribution in [1.29, 1.82) is 0 Å². The first-order valence-corrected chi connectivity index (χ1v) is 6.50. The molecule has 1 aromatic carbocycles. The van der Waals surface area contributed by atoms with Crippen LogP contribution in [0.3, 0.4) is 0 Å². The largest absolute Gasteiger partial charge is 0.493 e. The number of aliphatic hydroxyl groups excluding tert-OH is 1. The van der Waals surface area contributed by atoms with Gasteiger partial charge in [0.05, 0.1) is 13.7 Å². The second kappa shape index (κ2) is 8.56. The van der Waals surface area contributed by atoms with Crippen molar-refractivity contribution < 1.29 is 14.6 Å². The lowest BCUT2D eigenvalue weighted by Gasteiger charge is -2.15. The first kappa shape index (κ1) is 15.5. The van der Waals surface area contributed by atoms with Crippen LogP contribution >= 0.6 is 0 Å². The summed E-state index contributed by atoms with van der Waals surface area (Å²) in [7, 11) is 1.62. The second-order valence-corrected chi connectivity index (χ2v) is 4.25. The van der Waals surface area contributed by atoms with E-state index in [1.807, 2.05) is 25.1 Å². The Morgan fingerprint density at radius 3 is 2.79 bits per heavy atom. The maximum absolute atomic E-state index is 9.13. The molecule has 1 unspecified atom stereocenters. The van der Waals surface area contributed by atoms with Gasteiger partial charge in [-0.15, -0.1) is 0 Å². The summed E-state index contributed by atoms with van der Waals surface area (Å²) in [6.07, 6.45) is 2.59. The monoisotopic (exact) mass is 265 g/mol. The fraction of sp³-hybridized carbons (Fsp3) is 0.467. The number of rotatable bonds is 9. The molecule has 0 aliphatic rings. The lowest BCUT2D eigenvalue weighted by atomic mass is 10.1. The zero-order chi connectivity index (χ0) is 14.1. The van der Waals surface area contributed by atoms with E-state index in [0.29, 0.717) is 24.7 Å². The number of nitrogens with one attached hydrogen (secondary N) is 1. The quantitative estimate of drug-likeness (QED) is 0.672. The molecule has 1 atom stereocenters. The van der Waals surface area contributed by atoms with Gasteiger partial charge in [-0.25, -0.2) is 0 Å². The van der Waals surface area contributed by atoms with Gasteiger partial charge in [0.25, 0.3) is 0 Å². The van der Waals surface area contributed by atoms with Crippen molar-refractivity contribution in [2.24, 2.45) is 0 Å². The molecule has 0 amide bonds. The van der Waals surface area contributed by atoms with Crippen molar-refractivity contribution in [2.75, 3.05) is 20.3 Å². The van der Waals surface area contributed by atoms with Crippen molar-refractivity contribution in [2.45, 2.75) is 25.9 Å². The normalized spacial score (nSPS) is 11.9. The maximum atomic E-state index is 9.13. The van der Waals surface area contributed by atoms with Crippen LogP contribution in [0.4, 0.5) is 0 Å². The van der Waals surface area contributed by atoms with E-state index in [1.54, 1.807) is 13.2 Å². The van der Waals surface area contributed by atoms with Gasteiger partial charge in [-0.2, -0.15) is 0 Å². The highest BCUT2D eigenvalue weighted by Crippen LogP contribution is 2.28. The van der Waals surface area contributed by atoms with Crippen LogP contribution in [0.5, 0.6) is 11.5 Å². The Kier molecular flexibility index (Phi) is 7.00. The molecule has 0 aliphatic heterocycles. The molecule has 106 valence electrons. The molecule has 1 aromatic rings. The van der Waals surface area contributed by atoms with Crippen molar-refractivity contribution in [3.8, 4) is 11.5 Å². The molecule has 2 N–H and O–H groups in total. The van der Waals surface area contributed by atoms with Gasteiger partial charge in [-0.05, 0) is 24.1 Å². The van der Waals surface area contributed by atoms with Gasteiger partial charge >= 0.3 is 0 Å². The van der Waals surface area contributed by atoms with E-state index in [9.17, 15) is 0 Å². The smallest absolute Gasteiger partial charge is 0.161 e. The molecule has 4 heteroatoms. The topological polar surface area (TPSA) is 50.7 Å². The number of benzene rings is 1. The van der Waals surface area contributed by atoms with Crippen LogP contribution in [-0.4, -0.2) is 31.5 Å². The third-order valence-electron chi connectivity index (χ3n) is 2.89. The van der Waals surface area contributed by atoms with Crippen LogP contribution in [0, 0.1) is 0 Å². The molecule has 19 heavy (non-hydrogen) atoms. The van der Waals surface area contributed by atoms with Crippen LogP contribution in [0.25, 0.3) is 0 Å². The van der Waals surface area contributed by atoms with E-state index in [1.165, 1.54) is 0 Å². The minimum Gasteiger partial charge on any atom is -0.493 e. The Bertz CT molecular complexity index is 389. The summed E-state index contributed by atoms with van der Waals surface area (Å²) in [6, 6.07) is 5.94. The molecule has 0 aromatic heterocycles. The first-order valence-electron chi connectivity index (χ1n) is 6.50. The standard InChI is InChI=1S/C15H23NO3/c1-4-8-19-14-7-6-12(9-15(14)18-3)10-16-13(5-2)11-17/h4,6-7,9,13,16-17H,1,5,8,10-11H2,2-3H3. The van der Waals surface area contributed by atoms with Crippen molar-refractivity contribution in [3.63, 3.8) is 0 Å². The summed E-state index contributed by atoms with van der Waals surface area (Å²) in [5.74, 6) is 1.42. The molecule has 0 radical (unpaired) electrons. The zero-order valence-electron chi connectivity index (χ0n) is 11.7. The number of aliphatic hydroxyl groups is 1. The van der Waals surface area contributed by atoms with E-state index < -0.39 is 0 Å². The number of methoxy groups -OCH3 is 1. The van der Waals surface area contributed by atoms with Crippen LogP contribution in [0.15, 0.2) is 30.9 Å². The molecular weight excluding hydrogens is 242 g/mol. The van der Waals surface area contributed by atoms with Crippen LogP contribution < -0.4 is 14.8 Å². The zero-order valence-corrected chi connectivity index (χ0v) is 11.7. The van der Waals surface area contributed by atoms with Gasteiger partial charge in [0.1, 0.15) is 6.61 Å².